The van der Waals surface area contributed by atoms with Crippen LogP contribution in [0.4, 0.5) is 0 Å². The van der Waals surface area contributed by atoms with Crippen LogP contribution < -0.4 is 5.46 Å². The lowest BCUT2D eigenvalue weighted by molar-refractivity contribution is 0.0486. The molecular weight excluding hydrogens is 395 g/mol. The van der Waals surface area contributed by atoms with E-state index in [-0.39, 0.29) is 19.3 Å². The lowest BCUT2D eigenvalue weighted by atomic mass is 9.77. The number of aliphatic imine (C=N–C) groups is 1. The Kier molecular flexibility index (Phi) is 14.5. The summed E-state index contributed by atoms with van der Waals surface area (Å²) in [6, 6.07) is 10.4. The number of unbranched alkanes of at least 4 members (excludes halogenated alkanes) is 12. The second-order valence-electron chi connectivity index (χ2n) is 9.58. The Hall–Kier alpha value is -1.33. The van der Waals surface area contributed by atoms with Gasteiger partial charge in [0, 0.05) is 14.1 Å². The van der Waals surface area contributed by atoms with Crippen molar-refractivity contribution >= 4 is 18.9 Å². The van der Waals surface area contributed by atoms with Crippen LogP contribution >= 0.6 is 0 Å². The molecule has 1 aliphatic rings. The molecule has 0 N–H and O–H groups in total. The van der Waals surface area contributed by atoms with Gasteiger partial charge in [-0.25, -0.2) is 0 Å². The average molecular weight is 442 g/mol. The van der Waals surface area contributed by atoms with Crippen LogP contribution in [0.5, 0.6) is 0 Å². The van der Waals surface area contributed by atoms with Crippen molar-refractivity contribution in [3.05, 3.63) is 30.3 Å². The molecule has 5 heteroatoms. The maximum Gasteiger partial charge on any atom is 0.494 e. The van der Waals surface area contributed by atoms with Gasteiger partial charge in [-0.3, -0.25) is 4.99 Å². The molecular formula is C27H47BN2O2. The highest BCUT2D eigenvalue weighted by molar-refractivity contribution is 6.61. The SMILES string of the molecule is CCCCCCCCCCCCCCCC1OB(c2ccccc2)OCC1N=CN(C)C. The van der Waals surface area contributed by atoms with Crippen molar-refractivity contribution in [3.63, 3.8) is 0 Å². The van der Waals surface area contributed by atoms with Crippen LogP contribution in [0.3, 0.4) is 0 Å². The van der Waals surface area contributed by atoms with Gasteiger partial charge in [0.05, 0.1) is 25.1 Å². The summed E-state index contributed by atoms with van der Waals surface area (Å²) in [6.07, 6.45) is 21.0. The minimum Gasteiger partial charge on any atom is -0.405 e. The van der Waals surface area contributed by atoms with Gasteiger partial charge in [-0.05, 0) is 11.9 Å². The molecule has 0 aliphatic carbocycles. The van der Waals surface area contributed by atoms with Gasteiger partial charge in [0.2, 0.25) is 0 Å². The zero-order valence-electron chi connectivity index (χ0n) is 21.0. The second kappa shape index (κ2) is 17.2. The monoisotopic (exact) mass is 442 g/mol. The van der Waals surface area contributed by atoms with E-state index in [1.165, 1.54) is 83.5 Å². The van der Waals surface area contributed by atoms with Gasteiger partial charge >= 0.3 is 7.12 Å². The molecule has 0 spiro atoms. The zero-order chi connectivity index (χ0) is 22.9. The van der Waals surface area contributed by atoms with Crippen LogP contribution in [0.25, 0.3) is 0 Å². The Morgan fingerprint density at radius 3 is 2.00 bits per heavy atom. The fourth-order valence-electron chi connectivity index (χ4n) is 4.35. The van der Waals surface area contributed by atoms with Gasteiger partial charge < -0.3 is 14.2 Å². The third kappa shape index (κ3) is 11.5. The van der Waals surface area contributed by atoms with Crippen LogP contribution in [0.1, 0.15) is 96.8 Å². The molecule has 1 saturated heterocycles. The van der Waals surface area contributed by atoms with Crippen LogP contribution in [0.2, 0.25) is 0 Å². The molecule has 4 nitrogen and oxygen atoms in total. The number of hydrogen-bond donors (Lipinski definition) is 0. The van der Waals surface area contributed by atoms with E-state index < -0.39 is 0 Å². The highest BCUT2D eigenvalue weighted by atomic mass is 16.6. The maximum atomic E-state index is 6.37. The first kappa shape index (κ1) is 26.9. The number of hydrogen-bond acceptors (Lipinski definition) is 3. The Morgan fingerprint density at radius 1 is 0.875 bits per heavy atom. The summed E-state index contributed by atoms with van der Waals surface area (Å²) in [7, 11) is 3.74. The molecule has 2 rings (SSSR count). The molecule has 1 heterocycles. The Labute approximate surface area is 198 Å². The standard InChI is InChI=1S/C27H47BN2O2/c1-4-5-6-7-8-9-10-11-12-13-14-15-19-22-27-26(29-24-30(2)3)23-31-28(32-27)25-20-17-16-18-21-25/h16-18,20-21,24,26-27H,4-15,19,22-23H2,1-3H3. The molecule has 1 aliphatic heterocycles. The number of nitrogens with zero attached hydrogens (tertiary/aromatic N) is 2. The summed E-state index contributed by atoms with van der Waals surface area (Å²) in [5.41, 5.74) is 1.10. The van der Waals surface area contributed by atoms with E-state index in [4.69, 9.17) is 14.3 Å². The van der Waals surface area contributed by atoms with E-state index >= 15 is 0 Å². The first-order valence-corrected chi connectivity index (χ1v) is 13.2. The van der Waals surface area contributed by atoms with Gasteiger partial charge in [-0.2, -0.15) is 0 Å². The van der Waals surface area contributed by atoms with Crippen molar-refractivity contribution in [3.8, 4) is 0 Å². The molecule has 0 aromatic heterocycles. The van der Waals surface area contributed by atoms with Gasteiger partial charge in [-0.15, -0.1) is 0 Å². The van der Waals surface area contributed by atoms with Crippen molar-refractivity contribution in [1.82, 2.24) is 4.90 Å². The van der Waals surface area contributed by atoms with Gasteiger partial charge in [-0.1, -0.05) is 121 Å². The summed E-state index contributed by atoms with van der Waals surface area (Å²) in [6.45, 7) is 2.91. The smallest absolute Gasteiger partial charge is 0.405 e. The fraction of sp³-hybridized carbons (Fsp3) is 0.741. The average Bonchev–Trinajstić information content (AvgIpc) is 2.81. The number of rotatable bonds is 17. The minimum atomic E-state index is -0.269. The summed E-state index contributed by atoms with van der Waals surface area (Å²) >= 11 is 0. The summed E-state index contributed by atoms with van der Waals surface area (Å²) in [4.78, 5) is 6.70. The topological polar surface area (TPSA) is 34.1 Å². The molecule has 0 saturated carbocycles. The quantitative estimate of drug-likeness (QED) is 0.124. The van der Waals surface area contributed by atoms with Crippen LogP contribution in [-0.4, -0.2) is 51.2 Å². The molecule has 1 aromatic rings. The van der Waals surface area contributed by atoms with E-state index in [1.807, 2.05) is 43.5 Å². The fourth-order valence-corrected chi connectivity index (χ4v) is 4.35. The number of benzene rings is 1. The lowest BCUT2D eigenvalue weighted by Crippen LogP contribution is -2.51. The molecule has 2 unspecified atom stereocenters. The van der Waals surface area contributed by atoms with Gasteiger partial charge in [0.15, 0.2) is 0 Å². The van der Waals surface area contributed by atoms with Crippen molar-refractivity contribution in [2.45, 2.75) is 109 Å². The van der Waals surface area contributed by atoms with E-state index in [0.29, 0.717) is 6.61 Å². The zero-order valence-corrected chi connectivity index (χ0v) is 21.0. The van der Waals surface area contributed by atoms with E-state index in [9.17, 15) is 0 Å². The van der Waals surface area contributed by atoms with Crippen LogP contribution in [0.15, 0.2) is 35.3 Å². The molecule has 1 fully saturated rings. The van der Waals surface area contributed by atoms with Crippen molar-refractivity contribution in [2.75, 3.05) is 20.7 Å². The first-order chi connectivity index (χ1) is 15.7. The Balaban J connectivity index is 1.61. The maximum absolute atomic E-state index is 6.37. The summed E-state index contributed by atoms with van der Waals surface area (Å²) in [5, 5.41) is 0. The third-order valence-electron chi connectivity index (χ3n) is 6.30. The summed E-state index contributed by atoms with van der Waals surface area (Å²) < 4.78 is 12.4. The van der Waals surface area contributed by atoms with E-state index in [1.54, 1.807) is 0 Å². The van der Waals surface area contributed by atoms with E-state index in [0.717, 1.165) is 11.9 Å². The summed E-state index contributed by atoms with van der Waals surface area (Å²) in [5.74, 6) is 0. The van der Waals surface area contributed by atoms with Gasteiger partial charge in [0.25, 0.3) is 0 Å². The highest BCUT2D eigenvalue weighted by Crippen LogP contribution is 2.21. The Morgan fingerprint density at radius 2 is 1.44 bits per heavy atom. The molecule has 32 heavy (non-hydrogen) atoms. The molecule has 0 amide bonds. The van der Waals surface area contributed by atoms with Crippen molar-refractivity contribution in [1.29, 1.82) is 0 Å². The predicted molar refractivity (Wildman–Crippen MR) is 139 cm³/mol. The normalized spacial score (nSPS) is 19.0. The van der Waals surface area contributed by atoms with E-state index in [2.05, 4.69) is 19.1 Å². The largest absolute Gasteiger partial charge is 0.494 e. The molecule has 0 bridgehead atoms. The molecule has 1 aromatic carbocycles. The molecule has 0 radical (unpaired) electrons. The minimum absolute atomic E-state index is 0.0784. The van der Waals surface area contributed by atoms with Gasteiger partial charge in [0.1, 0.15) is 0 Å². The van der Waals surface area contributed by atoms with Crippen LogP contribution in [-0.2, 0) is 9.31 Å². The predicted octanol–water partition coefficient (Wildman–Crippen LogP) is 6.24. The third-order valence-corrected chi connectivity index (χ3v) is 6.30. The highest BCUT2D eigenvalue weighted by Gasteiger charge is 2.35. The first-order valence-electron chi connectivity index (χ1n) is 13.2. The van der Waals surface area contributed by atoms with Crippen molar-refractivity contribution < 1.29 is 9.31 Å². The lowest BCUT2D eigenvalue weighted by Gasteiger charge is -2.33. The van der Waals surface area contributed by atoms with Crippen LogP contribution in [0, 0.1) is 0 Å². The Bertz CT molecular complexity index is 597. The molecule has 2 atom stereocenters. The second-order valence-corrected chi connectivity index (χ2v) is 9.58. The molecule has 180 valence electrons. The van der Waals surface area contributed by atoms with Crippen molar-refractivity contribution in [2.24, 2.45) is 4.99 Å².